The van der Waals surface area contributed by atoms with Crippen LogP contribution in [0.1, 0.15) is 29.8 Å². The van der Waals surface area contributed by atoms with Gasteiger partial charge in [-0.15, -0.1) is 23.1 Å². The van der Waals surface area contributed by atoms with E-state index in [9.17, 15) is 14.4 Å². The van der Waals surface area contributed by atoms with Gasteiger partial charge in [0.25, 0.3) is 0 Å². The topological polar surface area (TPSA) is 91.8 Å². The molecule has 1 spiro atoms. The molecular formula is C23H27ClN4O4S2. The van der Waals surface area contributed by atoms with E-state index in [1.807, 2.05) is 17.0 Å². The molecule has 2 aliphatic rings. The van der Waals surface area contributed by atoms with Crippen LogP contribution in [0.3, 0.4) is 0 Å². The summed E-state index contributed by atoms with van der Waals surface area (Å²) < 4.78 is 5.94. The maximum Gasteiger partial charge on any atom is 0.409 e. The fraction of sp³-hybridized carbons (Fsp3) is 0.478. The number of amides is 3. The fourth-order valence-corrected chi connectivity index (χ4v) is 6.77. The third kappa shape index (κ3) is 5.18. The Kier molecular flexibility index (Phi) is 7.69. The summed E-state index contributed by atoms with van der Waals surface area (Å²) in [5.41, 5.74) is 1.51. The number of ether oxygens (including phenoxy) is 1. The van der Waals surface area contributed by atoms with Gasteiger partial charge in [0.15, 0.2) is 0 Å². The van der Waals surface area contributed by atoms with Gasteiger partial charge in [-0.05, 0) is 42.4 Å². The molecule has 2 aliphatic heterocycles. The van der Waals surface area contributed by atoms with Crippen LogP contribution >= 0.6 is 34.7 Å². The first-order valence-corrected chi connectivity index (χ1v) is 13.2. The van der Waals surface area contributed by atoms with Crippen LogP contribution in [0.2, 0.25) is 5.02 Å². The van der Waals surface area contributed by atoms with Gasteiger partial charge in [0, 0.05) is 49.2 Å². The highest BCUT2D eigenvalue weighted by atomic mass is 35.5. The van der Waals surface area contributed by atoms with Gasteiger partial charge in [0.1, 0.15) is 5.01 Å². The number of anilines is 1. The summed E-state index contributed by atoms with van der Waals surface area (Å²) in [5.74, 6) is 0.836. The molecule has 4 rings (SSSR count). The number of methoxy groups -OCH3 is 1. The number of benzene rings is 1. The normalized spacial score (nSPS) is 18.9. The lowest BCUT2D eigenvalue weighted by molar-refractivity contribution is -0.120. The number of thioether (sulfide) groups is 1. The summed E-state index contributed by atoms with van der Waals surface area (Å²) in [6.45, 7) is 1.57. The largest absolute Gasteiger partial charge is 0.453 e. The zero-order valence-electron chi connectivity index (χ0n) is 19.1. The zero-order valence-corrected chi connectivity index (χ0v) is 21.5. The van der Waals surface area contributed by atoms with Crippen LogP contribution in [-0.2, 0) is 26.2 Å². The fourth-order valence-electron chi connectivity index (χ4n) is 4.57. The molecule has 0 aliphatic carbocycles. The number of nitrogens with zero attached hydrogens (tertiary/aromatic N) is 3. The molecule has 1 unspecified atom stereocenters. The number of fused-ring (bicyclic) bond motifs is 2. The standard InChI is InChI=1S/C23H27ClN4O4S2/c1-25-18(29)4-3-9-33-21-12-26-19(34-21)11-20(30)28-14-23(7-8-27(13-23)22(31)32-2)16-10-15(24)5-6-17(16)28/h5-6,10,12H,3-4,7-9,11,13-14H2,1-2H3,(H,25,29). The second-order valence-corrected chi connectivity index (χ2v) is 11.4. The van der Waals surface area contributed by atoms with E-state index in [4.69, 9.17) is 16.3 Å². The molecule has 2 aromatic rings. The monoisotopic (exact) mass is 522 g/mol. The molecule has 1 saturated heterocycles. The van der Waals surface area contributed by atoms with E-state index in [1.54, 1.807) is 36.0 Å². The number of halogens is 1. The van der Waals surface area contributed by atoms with Gasteiger partial charge in [-0.1, -0.05) is 11.6 Å². The highest BCUT2D eigenvalue weighted by Gasteiger charge is 2.50. The van der Waals surface area contributed by atoms with Gasteiger partial charge in [-0.3, -0.25) is 9.59 Å². The Labute approximate surface area is 212 Å². The van der Waals surface area contributed by atoms with Gasteiger partial charge < -0.3 is 19.9 Å². The first kappa shape index (κ1) is 24.8. The van der Waals surface area contributed by atoms with Crippen LogP contribution in [0.4, 0.5) is 10.5 Å². The number of thiazole rings is 1. The van der Waals surface area contributed by atoms with Gasteiger partial charge in [0.05, 0.1) is 23.9 Å². The quantitative estimate of drug-likeness (QED) is 0.440. The van der Waals surface area contributed by atoms with E-state index < -0.39 is 0 Å². The lowest BCUT2D eigenvalue weighted by Crippen LogP contribution is -2.40. The molecule has 1 fully saturated rings. The van der Waals surface area contributed by atoms with Crippen molar-refractivity contribution in [2.45, 2.75) is 35.3 Å². The van der Waals surface area contributed by atoms with Gasteiger partial charge in [-0.25, -0.2) is 9.78 Å². The molecular weight excluding hydrogens is 496 g/mol. The Balaban J connectivity index is 1.43. The molecule has 1 aromatic carbocycles. The molecule has 8 nitrogen and oxygen atoms in total. The molecule has 182 valence electrons. The summed E-state index contributed by atoms with van der Waals surface area (Å²) in [4.78, 5) is 44.7. The molecule has 34 heavy (non-hydrogen) atoms. The first-order valence-electron chi connectivity index (χ1n) is 11.1. The molecule has 1 N–H and O–H groups in total. The molecule has 11 heteroatoms. The van der Waals surface area contributed by atoms with Crippen molar-refractivity contribution in [2.75, 3.05) is 44.4 Å². The van der Waals surface area contributed by atoms with E-state index in [0.717, 1.165) is 39.1 Å². The minimum Gasteiger partial charge on any atom is -0.453 e. The van der Waals surface area contributed by atoms with Crippen LogP contribution < -0.4 is 10.2 Å². The third-order valence-corrected chi connectivity index (χ3v) is 8.79. The first-order chi connectivity index (χ1) is 16.3. The molecule has 0 saturated carbocycles. The Morgan fingerprint density at radius 1 is 1.32 bits per heavy atom. The second kappa shape index (κ2) is 10.5. The predicted molar refractivity (Wildman–Crippen MR) is 134 cm³/mol. The summed E-state index contributed by atoms with van der Waals surface area (Å²) >= 11 is 9.47. The van der Waals surface area contributed by atoms with Crippen LogP contribution in [0.25, 0.3) is 0 Å². The van der Waals surface area contributed by atoms with Crippen molar-refractivity contribution in [3.8, 4) is 0 Å². The van der Waals surface area contributed by atoms with Crippen LogP contribution in [-0.4, -0.2) is 67.3 Å². The molecule has 3 amide bonds. The Morgan fingerprint density at radius 2 is 2.15 bits per heavy atom. The summed E-state index contributed by atoms with van der Waals surface area (Å²) in [6.07, 6.45) is 3.68. The minimum absolute atomic E-state index is 0.0255. The highest BCUT2D eigenvalue weighted by Crippen LogP contribution is 2.47. The SMILES string of the molecule is CNC(=O)CCCSc1cnc(CC(=O)N2CC3(CCN(C(=O)OC)C3)c3cc(Cl)ccc32)s1. The summed E-state index contributed by atoms with van der Waals surface area (Å²) in [6, 6.07) is 5.60. The van der Waals surface area contributed by atoms with Crippen molar-refractivity contribution in [1.82, 2.24) is 15.2 Å². The lowest BCUT2D eigenvalue weighted by Gasteiger charge is -2.25. The maximum absolute atomic E-state index is 13.4. The molecule has 1 aromatic heterocycles. The van der Waals surface area contributed by atoms with Crippen LogP contribution in [0.15, 0.2) is 28.6 Å². The Hall–Kier alpha value is -2.30. The number of hydrogen-bond acceptors (Lipinski definition) is 7. The van der Waals surface area contributed by atoms with Gasteiger partial charge in [-0.2, -0.15) is 0 Å². The molecule has 0 radical (unpaired) electrons. The Morgan fingerprint density at radius 3 is 2.91 bits per heavy atom. The van der Waals surface area contributed by atoms with Crippen molar-refractivity contribution in [3.63, 3.8) is 0 Å². The zero-order chi connectivity index (χ0) is 24.3. The van der Waals surface area contributed by atoms with E-state index >= 15 is 0 Å². The molecule has 1 atom stereocenters. The van der Waals surface area contributed by atoms with Gasteiger partial charge in [0.2, 0.25) is 11.8 Å². The average molecular weight is 523 g/mol. The van der Waals surface area contributed by atoms with Crippen molar-refractivity contribution in [2.24, 2.45) is 0 Å². The molecule has 3 heterocycles. The van der Waals surface area contributed by atoms with Crippen molar-refractivity contribution < 1.29 is 19.1 Å². The predicted octanol–water partition coefficient (Wildman–Crippen LogP) is 3.71. The third-order valence-electron chi connectivity index (χ3n) is 6.28. The highest BCUT2D eigenvalue weighted by molar-refractivity contribution is 8.01. The number of carbonyl (C=O) groups excluding carboxylic acids is 3. The number of carbonyl (C=O) groups is 3. The van der Waals surface area contributed by atoms with Gasteiger partial charge >= 0.3 is 6.09 Å². The number of likely N-dealkylation sites (tertiary alicyclic amines) is 1. The van der Waals surface area contributed by atoms with Crippen molar-refractivity contribution in [1.29, 1.82) is 0 Å². The second-order valence-electron chi connectivity index (χ2n) is 8.44. The Bertz CT molecular complexity index is 1090. The number of hydrogen-bond donors (Lipinski definition) is 1. The van der Waals surface area contributed by atoms with E-state index in [2.05, 4.69) is 10.3 Å². The number of nitrogens with one attached hydrogen (secondary N) is 1. The summed E-state index contributed by atoms with van der Waals surface area (Å²) in [7, 11) is 3.02. The molecule has 0 bridgehead atoms. The maximum atomic E-state index is 13.4. The van der Waals surface area contributed by atoms with E-state index in [1.165, 1.54) is 18.4 Å². The van der Waals surface area contributed by atoms with Crippen LogP contribution in [0.5, 0.6) is 0 Å². The van der Waals surface area contributed by atoms with Crippen molar-refractivity contribution >= 4 is 58.3 Å². The smallest absolute Gasteiger partial charge is 0.409 e. The van der Waals surface area contributed by atoms with Crippen molar-refractivity contribution in [3.05, 3.63) is 40.0 Å². The van der Waals surface area contributed by atoms with E-state index in [-0.39, 0.29) is 29.7 Å². The summed E-state index contributed by atoms with van der Waals surface area (Å²) in [5, 5.41) is 4.00. The van der Waals surface area contributed by atoms with E-state index in [0.29, 0.717) is 31.1 Å². The minimum atomic E-state index is -0.353. The van der Waals surface area contributed by atoms with Crippen LogP contribution in [0, 0.1) is 0 Å². The number of rotatable bonds is 7. The average Bonchev–Trinajstić information content (AvgIpc) is 3.54. The number of aromatic nitrogens is 1. The lowest BCUT2D eigenvalue weighted by atomic mass is 9.81.